The van der Waals surface area contributed by atoms with Gasteiger partial charge in [0, 0.05) is 12.8 Å². The lowest BCUT2D eigenvalue weighted by molar-refractivity contribution is -0.197. The molecule has 3 N–H and O–H groups in total. The molecule has 9 nitrogen and oxygen atoms in total. The molecule has 2 amide bonds. The van der Waals surface area contributed by atoms with Gasteiger partial charge >= 0.3 is 5.97 Å². The van der Waals surface area contributed by atoms with Crippen LogP contribution in [0.4, 0.5) is 0 Å². The summed E-state index contributed by atoms with van der Waals surface area (Å²) in [5, 5.41) is -2.22. The Morgan fingerprint density at radius 1 is 1.38 bits per heavy atom. The van der Waals surface area contributed by atoms with E-state index in [-0.39, 0.29) is 17.9 Å². The van der Waals surface area contributed by atoms with E-state index in [1.165, 1.54) is 0 Å². The van der Waals surface area contributed by atoms with Crippen molar-refractivity contribution in [1.82, 2.24) is 5.06 Å². The van der Waals surface area contributed by atoms with Crippen molar-refractivity contribution >= 4 is 27.9 Å². The standard InChI is InChI=1S/C6H8N2O7S/c7-5(16(12,13)14)6(11)15-8-3(9)1-2-4(8)10/h5H,1-2,7H2,(H,12,13,14). The summed E-state index contributed by atoms with van der Waals surface area (Å²) in [7, 11) is -4.82. The number of nitrogens with zero attached hydrogens (tertiary/aromatic N) is 1. The molecule has 0 aromatic rings. The van der Waals surface area contributed by atoms with Crippen LogP contribution < -0.4 is 5.73 Å². The molecule has 0 bridgehead atoms. The van der Waals surface area contributed by atoms with Gasteiger partial charge in [-0.25, -0.2) is 4.79 Å². The summed E-state index contributed by atoms with van der Waals surface area (Å²) in [6.45, 7) is 0. The quantitative estimate of drug-likeness (QED) is 0.424. The molecule has 10 heteroatoms. The topological polar surface area (TPSA) is 144 Å². The summed E-state index contributed by atoms with van der Waals surface area (Å²) in [5.41, 5.74) is 4.80. The molecule has 1 saturated heterocycles. The fraction of sp³-hybridized carbons (Fsp3) is 0.500. The van der Waals surface area contributed by atoms with Crippen LogP contribution in [0.5, 0.6) is 0 Å². The number of rotatable bonds is 3. The zero-order chi connectivity index (χ0) is 12.5. The predicted molar refractivity (Wildman–Crippen MR) is 46.7 cm³/mol. The third-order valence-corrected chi connectivity index (χ3v) is 2.57. The first-order valence-corrected chi connectivity index (χ1v) is 5.53. The fourth-order valence-corrected chi connectivity index (χ4v) is 1.21. The second kappa shape index (κ2) is 4.15. The molecule has 0 aromatic heterocycles. The second-order valence-corrected chi connectivity index (χ2v) is 4.47. The van der Waals surface area contributed by atoms with Crippen LogP contribution in [0.3, 0.4) is 0 Å². The van der Waals surface area contributed by atoms with E-state index in [0.717, 1.165) is 0 Å². The van der Waals surface area contributed by atoms with Crippen molar-refractivity contribution in [3.8, 4) is 0 Å². The summed E-state index contributed by atoms with van der Waals surface area (Å²) in [4.78, 5) is 37.1. The fourth-order valence-electron chi connectivity index (χ4n) is 0.921. The second-order valence-electron chi connectivity index (χ2n) is 2.93. The van der Waals surface area contributed by atoms with E-state index in [9.17, 15) is 22.8 Å². The number of hydrogen-bond donors (Lipinski definition) is 2. The summed E-state index contributed by atoms with van der Waals surface area (Å²) in [5.74, 6) is -3.16. The predicted octanol–water partition coefficient (Wildman–Crippen LogP) is -2.23. The largest absolute Gasteiger partial charge is 0.367 e. The van der Waals surface area contributed by atoms with Gasteiger partial charge in [0.05, 0.1) is 0 Å². The molecular formula is C6H8N2O7S. The highest BCUT2D eigenvalue weighted by atomic mass is 32.2. The number of carbonyl (C=O) groups is 3. The molecule has 0 aromatic carbocycles. The van der Waals surface area contributed by atoms with Gasteiger partial charge in [0.1, 0.15) is 0 Å². The summed E-state index contributed by atoms with van der Waals surface area (Å²) in [6, 6.07) is 0. The molecule has 1 unspecified atom stereocenters. The number of nitrogens with two attached hydrogens (primary N) is 1. The van der Waals surface area contributed by atoms with Crippen LogP contribution in [0.1, 0.15) is 12.8 Å². The van der Waals surface area contributed by atoms with Crippen LogP contribution in [-0.2, 0) is 29.3 Å². The highest BCUT2D eigenvalue weighted by molar-refractivity contribution is 7.87. The lowest BCUT2D eigenvalue weighted by Gasteiger charge is -2.14. The Kier molecular flexibility index (Phi) is 3.26. The molecule has 1 aliphatic heterocycles. The molecule has 0 saturated carbocycles. The van der Waals surface area contributed by atoms with Gasteiger partial charge in [-0.1, -0.05) is 0 Å². The molecule has 1 aliphatic rings. The minimum atomic E-state index is -4.82. The highest BCUT2D eigenvalue weighted by Gasteiger charge is 2.37. The first kappa shape index (κ1) is 12.5. The van der Waals surface area contributed by atoms with Crippen molar-refractivity contribution < 1.29 is 32.2 Å². The third-order valence-electron chi connectivity index (χ3n) is 1.74. The molecule has 0 aliphatic carbocycles. The third kappa shape index (κ3) is 2.53. The van der Waals surface area contributed by atoms with E-state index in [0.29, 0.717) is 0 Å². The van der Waals surface area contributed by atoms with Gasteiger partial charge in [-0.05, 0) is 0 Å². The Labute approximate surface area is 89.8 Å². The van der Waals surface area contributed by atoms with E-state index in [1.54, 1.807) is 0 Å². The molecule has 1 rings (SSSR count). The van der Waals surface area contributed by atoms with Gasteiger partial charge in [0.15, 0.2) is 0 Å². The van der Waals surface area contributed by atoms with E-state index in [1.807, 2.05) is 0 Å². The van der Waals surface area contributed by atoms with Crippen molar-refractivity contribution in [3.05, 3.63) is 0 Å². The molecular weight excluding hydrogens is 244 g/mol. The molecule has 0 spiro atoms. The molecule has 0 radical (unpaired) electrons. The van der Waals surface area contributed by atoms with E-state index in [4.69, 9.17) is 10.3 Å². The number of amides is 2. The van der Waals surface area contributed by atoms with E-state index in [2.05, 4.69) is 4.84 Å². The first-order valence-electron chi connectivity index (χ1n) is 4.03. The van der Waals surface area contributed by atoms with Crippen molar-refractivity contribution in [3.63, 3.8) is 0 Å². The smallest absolute Gasteiger partial charge is 0.327 e. The van der Waals surface area contributed by atoms with Crippen LogP contribution in [-0.4, -0.2) is 41.2 Å². The van der Waals surface area contributed by atoms with E-state index >= 15 is 0 Å². The Balaban J connectivity index is 2.72. The first-order chi connectivity index (χ1) is 7.23. The van der Waals surface area contributed by atoms with Crippen LogP contribution in [0.15, 0.2) is 0 Å². The average Bonchev–Trinajstić information content (AvgIpc) is 2.46. The minimum absolute atomic E-state index is 0.132. The minimum Gasteiger partial charge on any atom is -0.327 e. The van der Waals surface area contributed by atoms with Crippen molar-refractivity contribution in [2.24, 2.45) is 5.73 Å². The lowest BCUT2D eigenvalue weighted by Crippen LogP contribution is -2.44. The van der Waals surface area contributed by atoms with E-state index < -0.39 is 33.3 Å². The molecule has 1 heterocycles. The van der Waals surface area contributed by atoms with Gasteiger partial charge < -0.3 is 10.6 Å². The lowest BCUT2D eigenvalue weighted by atomic mass is 10.4. The monoisotopic (exact) mass is 252 g/mol. The molecule has 16 heavy (non-hydrogen) atoms. The Bertz CT molecular complexity index is 426. The Hall–Kier alpha value is -1.52. The number of carbonyl (C=O) groups excluding carboxylic acids is 3. The van der Waals surface area contributed by atoms with Crippen LogP contribution in [0.25, 0.3) is 0 Å². The van der Waals surface area contributed by atoms with Gasteiger partial charge in [0.2, 0.25) is 5.37 Å². The Morgan fingerprint density at radius 2 is 1.81 bits per heavy atom. The van der Waals surface area contributed by atoms with Gasteiger partial charge in [-0.2, -0.15) is 8.42 Å². The maximum atomic E-state index is 11.0. The van der Waals surface area contributed by atoms with Crippen molar-refractivity contribution in [1.29, 1.82) is 0 Å². The van der Waals surface area contributed by atoms with Crippen molar-refractivity contribution in [2.45, 2.75) is 18.2 Å². The summed E-state index contributed by atoms with van der Waals surface area (Å²) in [6.07, 6.45) is -0.263. The van der Waals surface area contributed by atoms with Crippen LogP contribution in [0, 0.1) is 0 Å². The molecule has 1 atom stereocenters. The highest BCUT2D eigenvalue weighted by Crippen LogP contribution is 2.12. The van der Waals surface area contributed by atoms with Crippen molar-refractivity contribution in [2.75, 3.05) is 0 Å². The maximum Gasteiger partial charge on any atom is 0.367 e. The number of hydroxylamine groups is 2. The summed E-state index contributed by atoms with van der Waals surface area (Å²) < 4.78 is 29.3. The van der Waals surface area contributed by atoms with Gasteiger partial charge in [-0.3, -0.25) is 14.1 Å². The SMILES string of the molecule is NC(C(=O)ON1C(=O)CCC1=O)S(=O)(=O)O. The maximum absolute atomic E-state index is 11.0. The average molecular weight is 252 g/mol. The zero-order valence-electron chi connectivity index (χ0n) is 7.82. The Morgan fingerprint density at radius 3 is 2.19 bits per heavy atom. The number of imide groups is 1. The van der Waals surface area contributed by atoms with Crippen LogP contribution >= 0.6 is 0 Å². The summed E-state index contributed by atoms with van der Waals surface area (Å²) >= 11 is 0. The normalized spacial score (nSPS) is 18.8. The molecule has 90 valence electrons. The van der Waals surface area contributed by atoms with Gasteiger partial charge in [-0.15, -0.1) is 5.06 Å². The number of hydrogen-bond acceptors (Lipinski definition) is 7. The van der Waals surface area contributed by atoms with Gasteiger partial charge in [0.25, 0.3) is 21.9 Å². The molecule has 1 fully saturated rings. The zero-order valence-corrected chi connectivity index (χ0v) is 8.64. The van der Waals surface area contributed by atoms with Crippen LogP contribution in [0.2, 0.25) is 0 Å².